The Kier molecular flexibility index (Phi) is 6.21. The SMILES string of the molecule is CNC1CCN(C(=O)c2cn(-c3ccccc3)nc2-c2ccc(C)o2)CC1.Cl. The molecular formula is C21H25ClN4O2. The zero-order valence-corrected chi connectivity index (χ0v) is 16.9. The molecule has 1 N–H and O–H groups in total. The average molecular weight is 401 g/mol. The molecule has 1 aliphatic rings. The van der Waals surface area contributed by atoms with Gasteiger partial charge in [0.05, 0.1) is 11.3 Å². The van der Waals surface area contributed by atoms with E-state index in [0.717, 1.165) is 37.4 Å². The highest BCUT2D eigenvalue weighted by molar-refractivity contribution is 5.99. The third kappa shape index (κ3) is 3.98. The zero-order chi connectivity index (χ0) is 18.8. The Hall–Kier alpha value is -2.57. The number of aryl methyl sites for hydroxylation is 1. The van der Waals surface area contributed by atoms with E-state index in [-0.39, 0.29) is 18.3 Å². The van der Waals surface area contributed by atoms with Gasteiger partial charge >= 0.3 is 0 Å². The molecule has 0 spiro atoms. The molecule has 0 atom stereocenters. The normalized spacial score (nSPS) is 14.7. The first-order valence-electron chi connectivity index (χ1n) is 9.34. The molecule has 2 aromatic heterocycles. The van der Waals surface area contributed by atoms with Crippen LogP contribution in [0.15, 0.2) is 53.1 Å². The number of hydrogen-bond donors (Lipinski definition) is 1. The van der Waals surface area contributed by atoms with Crippen LogP contribution in [0, 0.1) is 6.92 Å². The fourth-order valence-corrected chi connectivity index (χ4v) is 3.53. The number of likely N-dealkylation sites (tertiary alicyclic amines) is 1. The average Bonchev–Trinajstić information content (AvgIpc) is 3.34. The molecule has 0 radical (unpaired) electrons. The first-order chi connectivity index (χ1) is 13.2. The van der Waals surface area contributed by atoms with Gasteiger partial charge in [-0.2, -0.15) is 5.10 Å². The van der Waals surface area contributed by atoms with Gasteiger partial charge in [-0.1, -0.05) is 18.2 Å². The molecule has 148 valence electrons. The Morgan fingerprint density at radius 2 is 1.86 bits per heavy atom. The summed E-state index contributed by atoms with van der Waals surface area (Å²) >= 11 is 0. The highest BCUT2D eigenvalue weighted by Gasteiger charge is 2.28. The van der Waals surface area contributed by atoms with Crippen LogP contribution in [0.2, 0.25) is 0 Å². The van der Waals surface area contributed by atoms with Crippen LogP contribution in [-0.4, -0.2) is 46.8 Å². The predicted octanol–water partition coefficient (Wildman–Crippen LogP) is 3.69. The minimum absolute atomic E-state index is 0. The number of benzene rings is 1. The minimum Gasteiger partial charge on any atom is -0.460 e. The van der Waals surface area contributed by atoms with Crippen molar-refractivity contribution in [2.24, 2.45) is 0 Å². The number of piperidine rings is 1. The molecule has 1 fully saturated rings. The highest BCUT2D eigenvalue weighted by atomic mass is 35.5. The van der Waals surface area contributed by atoms with Crippen molar-refractivity contribution in [3.05, 3.63) is 60.0 Å². The van der Waals surface area contributed by atoms with Crippen molar-refractivity contribution < 1.29 is 9.21 Å². The summed E-state index contributed by atoms with van der Waals surface area (Å²) in [6.45, 7) is 3.39. The lowest BCUT2D eigenvalue weighted by atomic mass is 10.0. The van der Waals surface area contributed by atoms with Crippen LogP contribution in [0.3, 0.4) is 0 Å². The molecule has 1 aromatic carbocycles. The van der Waals surface area contributed by atoms with Crippen molar-refractivity contribution in [1.82, 2.24) is 20.0 Å². The van der Waals surface area contributed by atoms with E-state index in [0.29, 0.717) is 23.1 Å². The van der Waals surface area contributed by atoms with Crippen molar-refractivity contribution in [1.29, 1.82) is 0 Å². The van der Waals surface area contributed by atoms with Gasteiger partial charge in [0.2, 0.25) is 0 Å². The number of carbonyl (C=O) groups is 1. The standard InChI is InChI=1S/C21H24N4O2.ClH/c1-15-8-9-19(27-15)20-18(14-25(23-20)17-6-4-3-5-7-17)21(26)24-12-10-16(22-2)11-13-24;/h3-9,14,16,22H,10-13H2,1-2H3;1H. The van der Waals surface area contributed by atoms with E-state index in [1.807, 2.05) is 67.5 Å². The molecule has 28 heavy (non-hydrogen) atoms. The summed E-state index contributed by atoms with van der Waals surface area (Å²) < 4.78 is 7.53. The van der Waals surface area contributed by atoms with Gasteiger partial charge in [0, 0.05) is 25.3 Å². The third-order valence-electron chi connectivity index (χ3n) is 5.13. The summed E-state index contributed by atoms with van der Waals surface area (Å²) in [7, 11) is 1.98. The summed E-state index contributed by atoms with van der Waals surface area (Å²) in [6, 6.07) is 14.1. The number of nitrogens with zero attached hydrogens (tertiary/aromatic N) is 3. The molecule has 0 aliphatic carbocycles. The number of amides is 1. The molecule has 4 rings (SSSR count). The maximum absolute atomic E-state index is 13.3. The van der Waals surface area contributed by atoms with Crippen LogP contribution in [0.4, 0.5) is 0 Å². The fraction of sp³-hybridized carbons (Fsp3) is 0.333. The number of para-hydroxylation sites is 1. The fourth-order valence-electron chi connectivity index (χ4n) is 3.53. The Labute approximate surface area is 170 Å². The number of aromatic nitrogens is 2. The topological polar surface area (TPSA) is 63.3 Å². The van der Waals surface area contributed by atoms with Gasteiger partial charge in [-0.05, 0) is 51.1 Å². The summed E-state index contributed by atoms with van der Waals surface area (Å²) in [5.74, 6) is 1.43. The Balaban J connectivity index is 0.00000225. The molecule has 3 heterocycles. The lowest BCUT2D eigenvalue weighted by Crippen LogP contribution is -2.44. The van der Waals surface area contributed by atoms with E-state index in [1.165, 1.54) is 0 Å². The summed E-state index contributed by atoms with van der Waals surface area (Å²) in [6.07, 6.45) is 3.74. The van der Waals surface area contributed by atoms with Crippen LogP contribution in [-0.2, 0) is 0 Å². The van der Waals surface area contributed by atoms with Crippen molar-refractivity contribution >= 4 is 18.3 Å². The van der Waals surface area contributed by atoms with Crippen LogP contribution in [0.25, 0.3) is 17.1 Å². The van der Waals surface area contributed by atoms with Gasteiger partial charge in [0.1, 0.15) is 11.5 Å². The van der Waals surface area contributed by atoms with Gasteiger partial charge in [-0.3, -0.25) is 4.79 Å². The molecule has 1 amide bonds. The van der Waals surface area contributed by atoms with Crippen LogP contribution < -0.4 is 5.32 Å². The van der Waals surface area contributed by atoms with E-state index >= 15 is 0 Å². The molecular weight excluding hydrogens is 376 g/mol. The number of halogens is 1. The largest absolute Gasteiger partial charge is 0.460 e. The molecule has 7 heteroatoms. The smallest absolute Gasteiger partial charge is 0.257 e. The number of rotatable bonds is 4. The van der Waals surface area contributed by atoms with Crippen LogP contribution in [0.5, 0.6) is 0 Å². The molecule has 1 saturated heterocycles. The number of hydrogen-bond acceptors (Lipinski definition) is 4. The van der Waals surface area contributed by atoms with E-state index < -0.39 is 0 Å². The summed E-state index contributed by atoms with van der Waals surface area (Å²) in [5.41, 5.74) is 2.08. The van der Waals surface area contributed by atoms with Crippen LogP contribution >= 0.6 is 12.4 Å². The van der Waals surface area contributed by atoms with Crippen LogP contribution in [0.1, 0.15) is 29.0 Å². The van der Waals surface area contributed by atoms with Gasteiger partial charge in [0.25, 0.3) is 5.91 Å². The van der Waals surface area contributed by atoms with E-state index in [4.69, 9.17) is 4.42 Å². The Morgan fingerprint density at radius 3 is 2.46 bits per heavy atom. The molecule has 1 aliphatic heterocycles. The first-order valence-corrected chi connectivity index (χ1v) is 9.34. The van der Waals surface area contributed by atoms with Gasteiger partial charge in [0.15, 0.2) is 5.76 Å². The summed E-state index contributed by atoms with van der Waals surface area (Å²) in [4.78, 5) is 15.2. The van der Waals surface area contributed by atoms with Crippen molar-refractivity contribution in [2.75, 3.05) is 20.1 Å². The van der Waals surface area contributed by atoms with Gasteiger partial charge < -0.3 is 14.6 Å². The Bertz CT molecular complexity index is 927. The van der Waals surface area contributed by atoms with E-state index in [9.17, 15) is 4.79 Å². The molecule has 0 saturated carbocycles. The third-order valence-corrected chi connectivity index (χ3v) is 5.13. The molecule has 0 bridgehead atoms. The molecule has 3 aromatic rings. The zero-order valence-electron chi connectivity index (χ0n) is 16.1. The Morgan fingerprint density at radius 1 is 1.14 bits per heavy atom. The van der Waals surface area contributed by atoms with E-state index in [2.05, 4.69) is 10.4 Å². The number of carbonyl (C=O) groups excluding carboxylic acids is 1. The minimum atomic E-state index is 0. The van der Waals surface area contributed by atoms with Crippen molar-refractivity contribution in [2.45, 2.75) is 25.8 Å². The second kappa shape index (κ2) is 8.63. The highest BCUT2D eigenvalue weighted by Crippen LogP contribution is 2.27. The predicted molar refractivity (Wildman–Crippen MR) is 111 cm³/mol. The molecule has 6 nitrogen and oxygen atoms in total. The van der Waals surface area contributed by atoms with Gasteiger partial charge in [-0.15, -0.1) is 12.4 Å². The quantitative estimate of drug-likeness (QED) is 0.725. The number of nitrogens with one attached hydrogen (secondary N) is 1. The van der Waals surface area contributed by atoms with Gasteiger partial charge in [-0.25, -0.2) is 4.68 Å². The second-order valence-electron chi connectivity index (χ2n) is 6.94. The first kappa shape index (κ1) is 20.2. The monoisotopic (exact) mass is 400 g/mol. The maximum Gasteiger partial charge on any atom is 0.257 e. The lowest BCUT2D eigenvalue weighted by molar-refractivity contribution is 0.0708. The maximum atomic E-state index is 13.3. The van der Waals surface area contributed by atoms with E-state index in [1.54, 1.807) is 4.68 Å². The second-order valence-corrected chi connectivity index (χ2v) is 6.94. The number of furan rings is 1. The van der Waals surface area contributed by atoms with Crippen molar-refractivity contribution in [3.8, 4) is 17.1 Å². The lowest BCUT2D eigenvalue weighted by Gasteiger charge is -2.31. The van der Waals surface area contributed by atoms with Crippen molar-refractivity contribution in [3.63, 3.8) is 0 Å². The summed E-state index contributed by atoms with van der Waals surface area (Å²) in [5, 5.41) is 7.97. The molecule has 0 unspecified atom stereocenters.